The van der Waals surface area contributed by atoms with Gasteiger partial charge in [0.15, 0.2) is 0 Å². The first-order valence-corrected chi connectivity index (χ1v) is 12.5. The molecule has 3 aromatic carbocycles. The average molecular weight is 550 g/mol. The largest absolute Gasteiger partial charge is 0.378 e. The third kappa shape index (κ3) is 6.52. The predicted octanol–water partition coefficient (Wildman–Crippen LogP) is 5.01. The summed E-state index contributed by atoms with van der Waals surface area (Å²) >= 11 is 4.65. The molecule has 178 valence electrons. The standard InChI is InChI=1S/C26H24BrN5O2S/c1-32(2)21-14-10-19(11-15-21)25-30-31-26(35-25)29-24(34)22(16-17-6-4-3-5-7-17)28-23(33)18-8-12-20(27)13-9-18/h3-15,22H,16H2,1-2H3,(H,28,33)(H,29,31,34). The number of nitrogens with zero attached hydrogens (tertiary/aromatic N) is 3. The summed E-state index contributed by atoms with van der Waals surface area (Å²) in [5, 5.41) is 15.1. The Hall–Kier alpha value is -3.56. The first kappa shape index (κ1) is 24.6. The molecule has 1 atom stereocenters. The minimum absolute atomic E-state index is 0.326. The van der Waals surface area contributed by atoms with E-state index in [-0.39, 0.29) is 11.8 Å². The normalized spacial score (nSPS) is 11.5. The number of anilines is 2. The fourth-order valence-corrected chi connectivity index (χ4v) is 4.40. The lowest BCUT2D eigenvalue weighted by Crippen LogP contribution is -2.45. The van der Waals surface area contributed by atoms with Crippen LogP contribution >= 0.6 is 27.3 Å². The SMILES string of the molecule is CN(C)c1ccc(-c2nnc(NC(=O)C(Cc3ccccc3)NC(=O)c3ccc(Br)cc3)s2)cc1. The van der Waals surface area contributed by atoms with Crippen molar-refractivity contribution in [3.63, 3.8) is 0 Å². The van der Waals surface area contributed by atoms with Crippen molar-refractivity contribution < 1.29 is 9.59 Å². The second kappa shape index (κ2) is 11.2. The molecule has 1 heterocycles. The molecule has 0 aliphatic heterocycles. The van der Waals surface area contributed by atoms with Gasteiger partial charge in [-0.05, 0) is 54.1 Å². The van der Waals surface area contributed by atoms with Crippen LogP contribution in [0.5, 0.6) is 0 Å². The second-order valence-electron chi connectivity index (χ2n) is 8.07. The molecule has 0 bridgehead atoms. The number of benzene rings is 3. The fourth-order valence-electron chi connectivity index (χ4n) is 3.39. The van der Waals surface area contributed by atoms with Gasteiger partial charge < -0.3 is 10.2 Å². The molecule has 0 fully saturated rings. The van der Waals surface area contributed by atoms with E-state index in [2.05, 4.69) is 36.8 Å². The number of aromatic nitrogens is 2. The minimum Gasteiger partial charge on any atom is -0.378 e. The molecule has 2 amide bonds. The van der Waals surface area contributed by atoms with Crippen molar-refractivity contribution in [3.05, 3.63) is 94.5 Å². The number of nitrogens with one attached hydrogen (secondary N) is 2. The zero-order valence-corrected chi connectivity index (χ0v) is 21.6. The number of halogens is 1. The third-order valence-electron chi connectivity index (χ3n) is 5.30. The molecule has 35 heavy (non-hydrogen) atoms. The van der Waals surface area contributed by atoms with Crippen molar-refractivity contribution >= 4 is 49.9 Å². The summed E-state index contributed by atoms with van der Waals surface area (Å²) in [7, 11) is 3.96. The summed E-state index contributed by atoms with van der Waals surface area (Å²) in [4.78, 5) is 28.1. The van der Waals surface area contributed by atoms with Crippen LogP contribution in [0.4, 0.5) is 10.8 Å². The smallest absolute Gasteiger partial charge is 0.251 e. The third-order valence-corrected chi connectivity index (χ3v) is 6.71. The lowest BCUT2D eigenvalue weighted by Gasteiger charge is -2.18. The Kier molecular flexibility index (Phi) is 7.89. The zero-order chi connectivity index (χ0) is 24.8. The van der Waals surface area contributed by atoms with Crippen LogP contribution in [0.3, 0.4) is 0 Å². The molecule has 0 radical (unpaired) electrons. The van der Waals surface area contributed by atoms with Gasteiger partial charge in [-0.3, -0.25) is 14.9 Å². The number of amides is 2. The maximum atomic E-state index is 13.2. The summed E-state index contributed by atoms with van der Waals surface area (Å²) in [6.07, 6.45) is 0.340. The summed E-state index contributed by atoms with van der Waals surface area (Å²) < 4.78 is 0.871. The van der Waals surface area contributed by atoms with E-state index in [4.69, 9.17) is 0 Å². The molecule has 7 nitrogen and oxygen atoms in total. The van der Waals surface area contributed by atoms with E-state index >= 15 is 0 Å². The Balaban J connectivity index is 1.49. The van der Waals surface area contributed by atoms with E-state index in [9.17, 15) is 9.59 Å². The van der Waals surface area contributed by atoms with E-state index in [0.29, 0.717) is 22.1 Å². The molecular formula is C26H24BrN5O2S. The second-order valence-corrected chi connectivity index (χ2v) is 9.96. The molecule has 4 aromatic rings. The van der Waals surface area contributed by atoms with Gasteiger partial charge >= 0.3 is 0 Å². The van der Waals surface area contributed by atoms with Crippen LogP contribution in [0.15, 0.2) is 83.3 Å². The average Bonchev–Trinajstić information content (AvgIpc) is 3.33. The van der Waals surface area contributed by atoms with E-state index in [1.54, 1.807) is 24.3 Å². The monoisotopic (exact) mass is 549 g/mol. The van der Waals surface area contributed by atoms with Crippen molar-refractivity contribution in [2.75, 3.05) is 24.3 Å². The predicted molar refractivity (Wildman–Crippen MR) is 144 cm³/mol. The quantitative estimate of drug-likeness (QED) is 0.322. The molecule has 9 heteroatoms. The van der Waals surface area contributed by atoms with Gasteiger partial charge in [0.2, 0.25) is 11.0 Å². The number of hydrogen-bond acceptors (Lipinski definition) is 6. The van der Waals surface area contributed by atoms with E-state index < -0.39 is 6.04 Å². The van der Waals surface area contributed by atoms with Crippen molar-refractivity contribution in [2.45, 2.75) is 12.5 Å². The zero-order valence-electron chi connectivity index (χ0n) is 19.2. The van der Waals surface area contributed by atoms with E-state index in [1.807, 2.05) is 73.6 Å². The van der Waals surface area contributed by atoms with Gasteiger partial charge in [0, 0.05) is 41.8 Å². The molecular weight excluding hydrogens is 526 g/mol. The Labute approximate surface area is 216 Å². The maximum Gasteiger partial charge on any atom is 0.251 e. The Bertz CT molecular complexity index is 1290. The summed E-state index contributed by atoms with van der Waals surface area (Å²) in [5.74, 6) is -0.683. The van der Waals surface area contributed by atoms with Crippen molar-refractivity contribution in [2.24, 2.45) is 0 Å². The van der Waals surface area contributed by atoms with Crippen LogP contribution in [0, 0.1) is 0 Å². The molecule has 0 spiro atoms. The summed E-state index contributed by atoms with van der Waals surface area (Å²) in [6.45, 7) is 0. The highest BCUT2D eigenvalue weighted by atomic mass is 79.9. The van der Waals surface area contributed by atoms with Crippen molar-refractivity contribution in [3.8, 4) is 10.6 Å². The van der Waals surface area contributed by atoms with Crippen LogP contribution in [-0.2, 0) is 11.2 Å². The molecule has 1 aromatic heterocycles. The van der Waals surface area contributed by atoms with Crippen LogP contribution < -0.4 is 15.5 Å². The van der Waals surface area contributed by atoms with Gasteiger partial charge in [0.1, 0.15) is 11.0 Å². The highest BCUT2D eigenvalue weighted by molar-refractivity contribution is 9.10. The number of carbonyl (C=O) groups is 2. The summed E-state index contributed by atoms with van der Waals surface area (Å²) in [6, 6.07) is 23.7. The van der Waals surface area contributed by atoms with Crippen LogP contribution in [-0.4, -0.2) is 42.1 Å². The fraction of sp³-hybridized carbons (Fsp3) is 0.154. The first-order chi connectivity index (χ1) is 16.9. The van der Waals surface area contributed by atoms with Gasteiger partial charge in [-0.25, -0.2) is 0 Å². The van der Waals surface area contributed by atoms with Crippen LogP contribution in [0.25, 0.3) is 10.6 Å². The number of rotatable bonds is 8. The molecule has 0 aliphatic carbocycles. The molecule has 1 unspecified atom stereocenters. The lowest BCUT2D eigenvalue weighted by atomic mass is 10.0. The van der Waals surface area contributed by atoms with Crippen LogP contribution in [0.1, 0.15) is 15.9 Å². The number of hydrogen-bond donors (Lipinski definition) is 2. The topological polar surface area (TPSA) is 87.2 Å². The van der Waals surface area contributed by atoms with Gasteiger partial charge in [-0.1, -0.05) is 57.6 Å². The van der Waals surface area contributed by atoms with E-state index in [0.717, 1.165) is 21.3 Å². The van der Waals surface area contributed by atoms with Gasteiger partial charge in [0.05, 0.1) is 0 Å². The Morgan fingerprint density at radius 2 is 1.63 bits per heavy atom. The van der Waals surface area contributed by atoms with Crippen molar-refractivity contribution in [1.82, 2.24) is 15.5 Å². The van der Waals surface area contributed by atoms with Gasteiger partial charge in [0.25, 0.3) is 5.91 Å². The lowest BCUT2D eigenvalue weighted by molar-refractivity contribution is -0.118. The Morgan fingerprint density at radius 1 is 0.943 bits per heavy atom. The number of carbonyl (C=O) groups excluding carboxylic acids is 2. The first-order valence-electron chi connectivity index (χ1n) is 10.9. The molecule has 0 aliphatic rings. The minimum atomic E-state index is -0.791. The van der Waals surface area contributed by atoms with Crippen molar-refractivity contribution in [1.29, 1.82) is 0 Å². The van der Waals surface area contributed by atoms with Gasteiger partial charge in [-0.15, -0.1) is 10.2 Å². The molecule has 4 rings (SSSR count). The highest BCUT2D eigenvalue weighted by Crippen LogP contribution is 2.28. The van der Waals surface area contributed by atoms with Crippen LogP contribution in [0.2, 0.25) is 0 Å². The molecule has 0 saturated heterocycles. The molecule has 0 saturated carbocycles. The summed E-state index contributed by atoms with van der Waals surface area (Å²) in [5.41, 5.74) is 3.40. The maximum absolute atomic E-state index is 13.2. The van der Waals surface area contributed by atoms with E-state index in [1.165, 1.54) is 11.3 Å². The van der Waals surface area contributed by atoms with Gasteiger partial charge in [-0.2, -0.15) is 0 Å². The highest BCUT2D eigenvalue weighted by Gasteiger charge is 2.23. The Morgan fingerprint density at radius 3 is 2.29 bits per heavy atom. The molecule has 2 N–H and O–H groups in total.